The first kappa shape index (κ1) is 19.4. The number of aryl methyl sites for hydroxylation is 1. The summed E-state index contributed by atoms with van der Waals surface area (Å²) in [6, 6.07) is 17.9. The van der Waals surface area contributed by atoms with E-state index >= 15 is 0 Å². The summed E-state index contributed by atoms with van der Waals surface area (Å²) in [4.78, 5) is 20.4. The van der Waals surface area contributed by atoms with Gasteiger partial charge in [-0.1, -0.05) is 44.2 Å². The lowest BCUT2D eigenvalue weighted by Crippen LogP contribution is -2.28. The second kappa shape index (κ2) is 8.64. The highest BCUT2D eigenvalue weighted by atomic mass is 16.1. The topological polar surface area (TPSA) is 45.2 Å². The predicted octanol–water partition coefficient (Wildman–Crippen LogP) is 5.68. The normalized spacial score (nSPS) is 13.4. The molecule has 1 aliphatic rings. The van der Waals surface area contributed by atoms with E-state index in [0.29, 0.717) is 5.56 Å². The van der Waals surface area contributed by atoms with Crippen molar-refractivity contribution in [2.45, 2.75) is 39.5 Å². The molecule has 4 rings (SSSR count). The molecule has 0 aliphatic heterocycles. The number of nitrogens with one attached hydrogen (secondary N) is 1. The first-order valence-electron chi connectivity index (χ1n) is 10.7. The summed E-state index contributed by atoms with van der Waals surface area (Å²) in [6.07, 6.45) is 4.65. The van der Waals surface area contributed by atoms with Crippen LogP contribution in [0.2, 0.25) is 0 Å². The molecular weight excluding hydrogens is 358 g/mol. The lowest BCUT2D eigenvalue weighted by molar-refractivity contribution is 0.102. The lowest BCUT2D eigenvalue weighted by atomic mass is 10.1. The van der Waals surface area contributed by atoms with E-state index in [0.717, 1.165) is 54.3 Å². The third-order valence-electron chi connectivity index (χ3n) is 5.56. The molecule has 3 aromatic rings. The van der Waals surface area contributed by atoms with Gasteiger partial charge in [0.05, 0.1) is 11.1 Å². The maximum Gasteiger partial charge on any atom is 0.256 e. The van der Waals surface area contributed by atoms with Crippen molar-refractivity contribution in [1.29, 1.82) is 0 Å². The van der Waals surface area contributed by atoms with Crippen molar-refractivity contribution in [3.8, 4) is 0 Å². The number of pyridine rings is 1. The molecule has 2 aromatic carbocycles. The van der Waals surface area contributed by atoms with Gasteiger partial charge in [0, 0.05) is 24.2 Å². The fourth-order valence-electron chi connectivity index (χ4n) is 3.71. The molecule has 150 valence electrons. The smallest absolute Gasteiger partial charge is 0.256 e. The number of aromatic nitrogens is 1. The Kier molecular flexibility index (Phi) is 5.79. The summed E-state index contributed by atoms with van der Waals surface area (Å²) in [5.41, 5.74) is 3.63. The van der Waals surface area contributed by atoms with Gasteiger partial charge in [-0.15, -0.1) is 0 Å². The van der Waals surface area contributed by atoms with Crippen LogP contribution in [0.4, 0.5) is 11.5 Å². The molecule has 1 amide bonds. The minimum atomic E-state index is -0.0861. The third kappa shape index (κ3) is 4.58. The van der Waals surface area contributed by atoms with Gasteiger partial charge in [0.2, 0.25) is 0 Å². The molecule has 4 heteroatoms. The van der Waals surface area contributed by atoms with Crippen molar-refractivity contribution >= 4 is 28.3 Å². The molecule has 1 saturated carbocycles. The van der Waals surface area contributed by atoms with Crippen LogP contribution in [0.5, 0.6) is 0 Å². The number of hydrogen-bond donors (Lipinski definition) is 1. The van der Waals surface area contributed by atoms with Crippen LogP contribution in [0.1, 0.15) is 49.0 Å². The van der Waals surface area contributed by atoms with Crippen molar-refractivity contribution in [2.75, 3.05) is 23.3 Å². The first-order valence-corrected chi connectivity index (χ1v) is 10.7. The number of para-hydroxylation sites is 1. The quantitative estimate of drug-likeness (QED) is 0.541. The van der Waals surface area contributed by atoms with Gasteiger partial charge in [0.15, 0.2) is 0 Å². The van der Waals surface area contributed by atoms with E-state index in [-0.39, 0.29) is 5.91 Å². The summed E-state index contributed by atoms with van der Waals surface area (Å²) in [6.45, 7) is 6.30. The third-order valence-corrected chi connectivity index (χ3v) is 5.56. The monoisotopic (exact) mass is 387 g/mol. The number of nitrogens with zero attached hydrogens (tertiary/aromatic N) is 2. The predicted molar refractivity (Wildman–Crippen MR) is 121 cm³/mol. The van der Waals surface area contributed by atoms with E-state index in [9.17, 15) is 4.79 Å². The SMILES string of the molecule is CCCN(CC1CC1)c1cc(C(=O)Nc2ccc(CC)cc2)c2ccccc2n1. The van der Waals surface area contributed by atoms with Crippen LogP contribution in [0, 0.1) is 5.92 Å². The summed E-state index contributed by atoms with van der Waals surface area (Å²) >= 11 is 0. The zero-order valence-electron chi connectivity index (χ0n) is 17.3. The van der Waals surface area contributed by atoms with Crippen LogP contribution < -0.4 is 10.2 Å². The molecule has 0 spiro atoms. The molecule has 1 N–H and O–H groups in total. The first-order chi connectivity index (χ1) is 14.2. The van der Waals surface area contributed by atoms with Crippen LogP contribution in [0.15, 0.2) is 54.6 Å². The molecule has 4 nitrogen and oxygen atoms in total. The molecule has 0 radical (unpaired) electrons. The summed E-state index contributed by atoms with van der Waals surface area (Å²) in [7, 11) is 0. The standard InChI is InChI=1S/C25H29N3O/c1-3-15-28(17-19-9-10-19)24-16-22(21-7-5-6-8-23(21)27-24)25(29)26-20-13-11-18(4-2)12-14-20/h5-8,11-14,16,19H,3-4,9-10,15,17H2,1-2H3,(H,26,29). The van der Waals surface area contributed by atoms with Crippen molar-refractivity contribution in [3.05, 3.63) is 65.7 Å². The fourth-order valence-corrected chi connectivity index (χ4v) is 3.71. The van der Waals surface area contributed by atoms with Gasteiger partial charge in [-0.3, -0.25) is 4.79 Å². The number of hydrogen-bond acceptors (Lipinski definition) is 3. The molecule has 29 heavy (non-hydrogen) atoms. The number of carbonyl (C=O) groups excluding carboxylic acids is 1. The minimum Gasteiger partial charge on any atom is -0.356 e. The number of rotatable bonds is 8. The maximum atomic E-state index is 13.2. The van der Waals surface area contributed by atoms with Gasteiger partial charge < -0.3 is 10.2 Å². The molecule has 0 atom stereocenters. The Morgan fingerprint density at radius 1 is 1.10 bits per heavy atom. The molecular formula is C25H29N3O. The van der Waals surface area contributed by atoms with Crippen molar-refractivity contribution < 1.29 is 4.79 Å². The zero-order chi connectivity index (χ0) is 20.2. The number of benzene rings is 2. The molecule has 1 fully saturated rings. The number of amides is 1. The van der Waals surface area contributed by atoms with Gasteiger partial charge in [0.25, 0.3) is 5.91 Å². The second-order valence-electron chi connectivity index (χ2n) is 7.94. The maximum absolute atomic E-state index is 13.2. The minimum absolute atomic E-state index is 0.0861. The van der Waals surface area contributed by atoms with Crippen LogP contribution in [-0.2, 0) is 6.42 Å². The number of fused-ring (bicyclic) bond motifs is 1. The Morgan fingerprint density at radius 3 is 2.55 bits per heavy atom. The van der Waals surface area contributed by atoms with Gasteiger partial charge in [-0.2, -0.15) is 0 Å². The highest BCUT2D eigenvalue weighted by molar-refractivity contribution is 6.13. The van der Waals surface area contributed by atoms with E-state index in [2.05, 4.69) is 36.2 Å². The van der Waals surface area contributed by atoms with E-state index in [1.807, 2.05) is 42.5 Å². The lowest BCUT2D eigenvalue weighted by Gasteiger charge is -2.24. The Bertz CT molecular complexity index is 993. The fraction of sp³-hybridized carbons (Fsp3) is 0.360. The number of anilines is 2. The Hall–Kier alpha value is -2.88. The van der Waals surface area contributed by atoms with Gasteiger partial charge in [0.1, 0.15) is 5.82 Å². The van der Waals surface area contributed by atoms with Gasteiger partial charge >= 0.3 is 0 Å². The average Bonchev–Trinajstić information content (AvgIpc) is 3.57. The Labute approximate surface area is 173 Å². The van der Waals surface area contributed by atoms with Crippen LogP contribution in [-0.4, -0.2) is 24.0 Å². The largest absolute Gasteiger partial charge is 0.356 e. The Balaban J connectivity index is 1.68. The van der Waals surface area contributed by atoms with E-state index in [1.165, 1.54) is 18.4 Å². The highest BCUT2D eigenvalue weighted by Crippen LogP contribution is 2.32. The van der Waals surface area contributed by atoms with Crippen LogP contribution in [0.25, 0.3) is 10.9 Å². The summed E-state index contributed by atoms with van der Waals surface area (Å²) < 4.78 is 0. The van der Waals surface area contributed by atoms with Gasteiger partial charge in [-0.25, -0.2) is 4.98 Å². The van der Waals surface area contributed by atoms with Gasteiger partial charge in [-0.05, 0) is 61.4 Å². The van der Waals surface area contributed by atoms with E-state index in [4.69, 9.17) is 4.98 Å². The zero-order valence-corrected chi connectivity index (χ0v) is 17.3. The number of carbonyl (C=O) groups is 1. The molecule has 1 aliphatic carbocycles. The Morgan fingerprint density at radius 2 is 1.86 bits per heavy atom. The van der Waals surface area contributed by atoms with Crippen molar-refractivity contribution in [2.24, 2.45) is 5.92 Å². The second-order valence-corrected chi connectivity index (χ2v) is 7.94. The molecule has 1 aromatic heterocycles. The molecule has 1 heterocycles. The van der Waals surface area contributed by atoms with Crippen LogP contribution >= 0.6 is 0 Å². The summed E-state index contributed by atoms with van der Waals surface area (Å²) in [5, 5.41) is 3.96. The van der Waals surface area contributed by atoms with E-state index in [1.54, 1.807) is 0 Å². The molecule has 0 saturated heterocycles. The molecule has 0 bridgehead atoms. The molecule has 0 unspecified atom stereocenters. The highest BCUT2D eigenvalue weighted by Gasteiger charge is 2.25. The summed E-state index contributed by atoms with van der Waals surface area (Å²) in [5.74, 6) is 1.59. The van der Waals surface area contributed by atoms with Crippen molar-refractivity contribution in [3.63, 3.8) is 0 Å². The van der Waals surface area contributed by atoms with Crippen LogP contribution in [0.3, 0.4) is 0 Å². The van der Waals surface area contributed by atoms with Crippen molar-refractivity contribution in [1.82, 2.24) is 4.98 Å². The van der Waals surface area contributed by atoms with E-state index < -0.39 is 0 Å². The average molecular weight is 388 g/mol.